The normalized spacial score (nSPS) is 14.4. The number of aliphatic hydroxyl groups is 1. The number of primary amides is 1. The molecule has 7 amide bonds. The molecule has 0 aromatic heterocycles. The highest BCUT2D eigenvalue weighted by Crippen LogP contribution is 2.13. The van der Waals surface area contributed by atoms with Crippen LogP contribution < -0.4 is 49.1 Å². The molecule has 0 unspecified atom stereocenters. The summed E-state index contributed by atoms with van der Waals surface area (Å²) in [6, 6.07) is -5.60. The Labute approximate surface area is 350 Å². The number of benzene rings is 1. The summed E-state index contributed by atoms with van der Waals surface area (Å²) < 4.78 is 0. The van der Waals surface area contributed by atoms with E-state index in [0.29, 0.717) is 18.4 Å². The first-order chi connectivity index (χ1) is 28.6. The van der Waals surface area contributed by atoms with Crippen LogP contribution in [0.2, 0.25) is 0 Å². The summed E-state index contributed by atoms with van der Waals surface area (Å²) in [6.07, 6.45) is -2.33. The zero-order valence-electron chi connectivity index (χ0n) is 33.8. The van der Waals surface area contributed by atoms with E-state index in [1.807, 2.05) is 0 Å². The highest BCUT2D eigenvalue weighted by molar-refractivity contribution is 5.98. The number of phenols is 1. The lowest BCUT2D eigenvalue weighted by molar-refractivity contribution is -0.142. The molecule has 17 N–H and O–H groups in total. The number of carbonyl (C=O) groups is 10. The second kappa shape index (κ2) is 26.6. The largest absolute Gasteiger partial charge is 0.508 e. The third-order valence-electron chi connectivity index (χ3n) is 8.96. The van der Waals surface area contributed by atoms with Crippen molar-refractivity contribution < 1.29 is 73.5 Å². The molecule has 1 aromatic carbocycles. The number of carboxylic acid groups (broad SMARTS) is 3. The molecule has 0 fully saturated rings. The standard InChI is InChI=1S/C37H57N9O15/c1-18(2)30(36(59)44-25(37(60)61)15-19-6-8-20(48)9-7-19)46-35(58)26(17-47)45-34(57)24(16-29(52)53)43-33(56)23(11-13-28(50)51)42-32(55)22(5-3-4-14-38)41-31(54)21(39)10-12-27(40)49/h6-9,18,21-26,30,47-48H,3-5,10-17,38-39H2,1-2H3,(H2,40,49)(H,41,54)(H,42,55)(H,43,56)(H,44,59)(H,45,57)(H,46,58)(H,50,51)(H,52,53)(H,60,61)/t21-,22-,23-,24-,25-,26-,30-/m0/s1. The molecular formula is C37H57N9O15. The number of aliphatic hydroxyl groups excluding tert-OH is 1. The van der Waals surface area contributed by atoms with Crippen molar-refractivity contribution in [3.05, 3.63) is 29.8 Å². The zero-order valence-corrected chi connectivity index (χ0v) is 33.8. The number of nitrogens with one attached hydrogen (secondary N) is 6. The van der Waals surface area contributed by atoms with Crippen molar-refractivity contribution in [2.24, 2.45) is 23.1 Å². The maximum absolute atomic E-state index is 13.5. The van der Waals surface area contributed by atoms with Crippen molar-refractivity contribution >= 4 is 59.3 Å². The molecule has 0 heterocycles. The van der Waals surface area contributed by atoms with Gasteiger partial charge in [-0.1, -0.05) is 26.0 Å². The van der Waals surface area contributed by atoms with Crippen molar-refractivity contribution in [2.45, 2.75) is 114 Å². The van der Waals surface area contributed by atoms with E-state index in [4.69, 9.17) is 17.2 Å². The minimum Gasteiger partial charge on any atom is -0.508 e. The van der Waals surface area contributed by atoms with Crippen LogP contribution in [0.1, 0.15) is 70.8 Å². The number of nitrogens with two attached hydrogens (primary N) is 3. The molecule has 0 aliphatic carbocycles. The number of hydrogen-bond donors (Lipinski definition) is 14. The van der Waals surface area contributed by atoms with Gasteiger partial charge in [0, 0.05) is 19.3 Å². The molecule has 0 saturated carbocycles. The second-order valence-electron chi connectivity index (χ2n) is 14.4. The number of hydrogen-bond acceptors (Lipinski definition) is 14. The van der Waals surface area contributed by atoms with Crippen LogP contribution in [0, 0.1) is 5.92 Å². The van der Waals surface area contributed by atoms with Gasteiger partial charge < -0.3 is 74.6 Å². The van der Waals surface area contributed by atoms with Crippen LogP contribution >= 0.6 is 0 Å². The fourth-order valence-corrected chi connectivity index (χ4v) is 5.52. The number of unbranched alkanes of at least 4 members (excludes halogenated alkanes) is 1. The van der Waals surface area contributed by atoms with E-state index >= 15 is 0 Å². The van der Waals surface area contributed by atoms with Gasteiger partial charge in [0.05, 0.1) is 19.1 Å². The zero-order chi connectivity index (χ0) is 46.4. The van der Waals surface area contributed by atoms with Gasteiger partial charge in [0.1, 0.15) is 42.0 Å². The van der Waals surface area contributed by atoms with E-state index in [1.54, 1.807) is 0 Å². The SMILES string of the molecule is CC(C)[C@H](NC(=O)[C@H](CO)NC(=O)[C@H](CC(=O)O)NC(=O)[C@H](CCC(=O)O)NC(=O)[C@H](CCCCN)NC(=O)[C@@H](N)CCC(N)=O)C(=O)N[C@@H](Cc1ccc(O)cc1)C(=O)O. The number of phenolic OH excluding ortho intramolecular Hbond substituents is 1. The summed E-state index contributed by atoms with van der Waals surface area (Å²) in [4.78, 5) is 126. The molecule has 24 heteroatoms. The quantitative estimate of drug-likeness (QED) is 0.0338. The number of carbonyl (C=O) groups excluding carboxylic acids is 7. The number of carboxylic acids is 3. The highest BCUT2D eigenvalue weighted by Gasteiger charge is 2.35. The van der Waals surface area contributed by atoms with Crippen LogP contribution in [0.25, 0.3) is 0 Å². The van der Waals surface area contributed by atoms with Crippen LogP contribution in [-0.4, -0.2) is 140 Å². The number of aromatic hydroxyl groups is 1. The number of aliphatic carboxylic acids is 3. The second-order valence-corrected chi connectivity index (χ2v) is 14.4. The van der Waals surface area contributed by atoms with Gasteiger partial charge in [0.15, 0.2) is 0 Å². The van der Waals surface area contributed by atoms with Crippen molar-refractivity contribution in [1.29, 1.82) is 0 Å². The van der Waals surface area contributed by atoms with Gasteiger partial charge >= 0.3 is 17.9 Å². The fraction of sp³-hybridized carbons (Fsp3) is 0.568. The first-order valence-corrected chi connectivity index (χ1v) is 19.2. The molecule has 1 rings (SSSR count). The van der Waals surface area contributed by atoms with Crippen LogP contribution in [0.4, 0.5) is 0 Å². The minimum atomic E-state index is -2.00. The predicted molar refractivity (Wildman–Crippen MR) is 211 cm³/mol. The van der Waals surface area contributed by atoms with Gasteiger partial charge in [0.25, 0.3) is 0 Å². The predicted octanol–water partition coefficient (Wildman–Crippen LogP) is -4.36. The molecule has 0 bridgehead atoms. The van der Waals surface area contributed by atoms with Crippen molar-refractivity contribution in [3.63, 3.8) is 0 Å². The van der Waals surface area contributed by atoms with E-state index in [2.05, 4.69) is 31.9 Å². The summed E-state index contributed by atoms with van der Waals surface area (Å²) in [5, 5.41) is 61.6. The molecular weight excluding hydrogens is 810 g/mol. The molecule has 340 valence electrons. The van der Waals surface area contributed by atoms with Gasteiger partial charge in [0.2, 0.25) is 41.4 Å². The molecule has 0 aliphatic rings. The van der Waals surface area contributed by atoms with Crippen LogP contribution in [0.15, 0.2) is 24.3 Å². The Morgan fingerprint density at radius 1 is 0.607 bits per heavy atom. The molecule has 1 aromatic rings. The van der Waals surface area contributed by atoms with Crippen LogP contribution in [-0.2, 0) is 54.4 Å². The van der Waals surface area contributed by atoms with Crippen LogP contribution in [0.5, 0.6) is 5.75 Å². The van der Waals surface area contributed by atoms with Gasteiger partial charge in [-0.05, 0) is 62.3 Å². The first kappa shape index (κ1) is 52.6. The molecule has 7 atom stereocenters. The molecule has 0 aliphatic heterocycles. The average Bonchev–Trinajstić information content (AvgIpc) is 3.18. The van der Waals surface area contributed by atoms with E-state index in [-0.39, 0.29) is 38.0 Å². The highest BCUT2D eigenvalue weighted by atomic mass is 16.4. The van der Waals surface area contributed by atoms with E-state index in [9.17, 15) is 73.5 Å². The van der Waals surface area contributed by atoms with Crippen molar-refractivity contribution in [1.82, 2.24) is 31.9 Å². The monoisotopic (exact) mass is 867 g/mol. The molecule has 0 saturated heterocycles. The first-order valence-electron chi connectivity index (χ1n) is 19.2. The Hall–Kier alpha value is -6.40. The molecule has 0 radical (unpaired) electrons. The summed E-state index contributed by atoms with van der Waals surface area (Å²) in [7, 11) is 0. The average molecular weight is 868 g/mol. The van der Waals surface area contributed by atoms with Gasteiger partial charge in [-0.2, -0.15) is 0 Å². The van der Waals surface area contributed by atoms with Crippen LogP contribution in [0.3, 0.4) is 0 Å². The summed E-state index contributed by atoms with van der Waals surface area (Å²) >= 11 is 0. The lowest BCUT2D eigenvalue weighted by Gasteiger charge is -2.27. The third kappa shape index (κ3) is 19.9. The Morgan fingerprint density at radius 3 is 1.62 bits per heavy atom. The Balaban J connectivity index is 3.23. The van der Waals surface area contributed by atoms with E-state index in [0.717, 1.165) is 0 Å². The maximum atomic E-state index is 13.5. The molecule has 0 spiro atoms. The summed E-state index contributed by atoms with van der Waals surface area (Å²) in [5.74, 6) is -12.5. The van der Waals surface area contributed by atoms with E-state index in [1.165, 1.54) is 38.1 Å². The summed E-state index contributed by atoms with van der Waals surface area (Å²) in [6.45, 7) is 2.11. The fourth-order valence-electron chi connectivity index (χ4n) is 5.52. The summed E-state index contributed by atoms with van der Waals surface area (Å²) in [5.41, 5.74) is 16.9. The maximum Gasteiger partial charge on any atom is 0.326 e. The lowest BCUT2D eigenvalue weighted by Crippen LogP contribution is -2.61. The number of amides is 7. The minimum absolute atomic E-state index is 0.0293. The topological polar surface area (TPSA) is 422 Å². The van der Waals surface area contributed by atoms with Crippen molar-refractivity contribution in [2.75, 3.05) is 13.2 Å². The number of rotatable bonds is 29. The molecule has 61 heavy (non-hydrogen) atoms. The Morgan fingerprint density at radius 2 is 1.11 bits per heavy atom. The smallest absolute Gasteiger partial charge is 0.326 e. The Kier molecular flexibility index (Phi) is 23.0. The third-order valence-corrected chi connectivity index (χ3v) is 8.96. The Bertz CT molecular complexity index is 1710. The van der Waals surface area contributed by atoms with E-state index < -0.39 is 133 Å². The van der Waals surface area contributed by atoms with Gasteiger partial charge in [-0.15, -0.1) is 0 Å². The van der Waals surface area contributed by atoms with Crippen molar-refractivity contribution in [3.8, 4) is 5.75 Å². The lowest BCUT2D eigenvalue weighted by atomic mass is 10.0. The van der Waals surface area contributed by atoms with Gasteiger partial charge in [-0.25, -0.2) is 4.79 Å². The molecule has 24 nitrogen and oxygen atoms in total. The van der Waals surface area contributed by atoms with Gasteiger partial charge in [-0.3, -0.25) is 43.2 Å².